The van der Waals surface area contributed by atoms with Crippen LogP contribution in [0.2, 0.25) is 5.02 Å². The molecular formula is C10H12ClNO2S. The maximum Gasteiger partial charge on any atom is 0.324 e. The summed E-state index contributed by atoms with van der Waals surface area (Å²) < 4.78 is 0. The maximum atomic E-state index is 10.8. The highest BCUT2D eigenvalue weighted by Gasteiger charge is 2.28. The summed E-state index contributed by atoms with van der Waals surface area (Å²) in [5, 5.41) is 9.43. The highest BCUT2D eigenvalue weighted by molar-refractivity contribution is 7.99. The molecule has 0 amide bonds. The minimum absolute atomic E-state index is 0.284. The van der Waals surface area contributed by atoms with Crippen LogP contribution >= 0.6 is 23.4 Å². The van der Waals surface area contributed by atoms with Gasteiger partial charge in [-0.3, -0.25) is 4.79 Å². The Morgan fingerprint density at radius 2 is 2.20 bits per heavy atom. The van der Waals surface area contributed by atoms with Crippen molar-refractivity contribution in [1.82, 2.24) is 0 Å². The fourth-order valence-electron chi connectivity index (χ4n) is 0.851. The molecule has 1 aromatic rings. The molecule has 3 nitrogen and oxygen atoms in total. The average molecular weight is 246 g/mol. The van der Waals surface area contributed by atoms with Gasteiger partial charge in [-0.05, 0) is 19.1 Å². The molecule has 1 rings (SSSR count). The minimum atomic E-state index is -1.23. The van der Waals surface area contributed by atoms with Crippen molar-refractivity contribution >= 4 is 29.3 Å². The van der Waals surface area contributed by atoms with Gasteiger partial charge in [0.25, 0.3) is 0 Å². The van der Waals surface area contributed by atoms with E-state index in [4.69, 9.17) is 22.4 Å². The molecule has 0 bridgehead atoms. The molecule has 0 radical (unpaired) electrons. The molecule has 1 aromatic carbocycles. The van der Waals surface area contributed by atoms with E-state index in [0.29, 0.717) is 5.02 Å². The summed E-state index contributed by atoms with van der Waals surface area (Å²) in [6, 6.07) is 7.28. The number of carbonyl (C=O) groups is 1. The van der Waals surface area contributed by atoms with Crippen LogP contribution in [-0.4, -0.2) is 22.4 Å². The molecule has 15 heavy (non-hydrogen) atoms. The predicted octanol–water partition coefficient (Wildman–Crippen LogP) is 2.23. The van der Waals surface area contributed by atoms with Crippen molar-refractivity contribution in [3.63, 3.8) is 0 Å². The van der Waals surface area contributed by atoms with E-state index >= 15 is 0 Å². The zero-order valence-electron chi connectivity index (χ0n) is 8.24. The first-order chi connectivity index (χ1) is 6.93. The monoisotopic (exact) mass is 245 g/mol. The second kappa shape index (κ2) is 4.88. The van der Waals surface area contributed by atoms with Crippen molar-refractivity contribution < 1.29 is 9.90 Å². The third kappa shape index (κ3) is 3.41. The number of hydrogen-bond donors (Lipinski definition) is 2. The Labute approximate surface area is 97.6 Å². The summed E-state index contributed by atoms with van der Waals surface area (Å²) >= 11 is 7.27. The van der Waals surface area contributed by atoms with Crippen molar-refractivity contribution in [3.8, 4) is 0 Å². The van der Waals surface area contributed by atoms with Crippen molar-refractivity contribution in [3.05, 3.63) is 29.3 Å². The van der Waals surface area contributed by atoms with Crippen LogP contribution in [0.1, 0.15) is 6.92 Å². The van der Waals surface area contributed by atoms with Gasteiger partial charge in [0.15, 0.2) is 0 Å². The van der Waals surface area contributed by atoms with Crippen molar-refractivity contribution in [2.24, 2.45) is 5.73 Å². The highest BCUT2D eigenvalue weighted by Crippen LogP contribution is 2.28. The molecule has 3 N–H and O–H groups in total. The zero-order chi connectivity index (χ0) is 11.5. The fraction of sp³-hybridized carbons (Fsp3) is 0.300. The quantitative estimate of drug-likeness (QED) is 0.799. The summed E-state index contributed by atoms with van der Waals surface area (Å²) in [4.78, 5) is 11.6. The van der Waals surface area contributed by atoms with Crippen LogP contribution in [0.5, 0.6) is 0 Å². The molecule has 1 atom stereocenters. The Hall–Kier alpha value is -0.710. The fourth-order valence-corrected chi connectivity index (χ4v) is 2.11. The Balaban J connectivity index is 2.66. The van der Waals surface area contributed by atoms with Gasteiger partial charge in [0, 0.05) is 10.6 Å². The van der Waals surface area contributed by atoms with Gasteiger partial charge in [0.2, 0.25) is 0 Å². The standard InChI is InChI=1S/C10H12ClNO2S/c1-10(12,9(13)14)6-15-8-5-3-2-4-7(8)11/h2-5H,6,12H2,1H3,(H,13,14). The van der Waals surface area contributed by atoms with E-state index in [1.54, 1.807) is 6.07 Å². The van der Waals surface area contributed by atoms with Crippen LogP contribution in [0.25, 0.3) is 0 Å². The average Bonchev–Trinajstić information content (AvgIpc) is 2.16. The summed E-state index contributed by atoms with van der Waals surface area (Å²) in [6.45, 7) is 1.49. The number of nitrogens with two attached hydrogens (primary N) is 1. The lowest BCUT2D eigenvalue weighted by Gasteiger charge is -2.18. The molecule has 0 spiro atoms. The number of carboxylic acid groups (broad SMARTS) is 1. The topological polar surface area (TPSA) is 63.3 Å². The molecule has 0 saturated carbocycles. The predicted molar refractivity (Wildman–Crippen MR) is 62.4 cm³/mol. The van der Waals surface area contributed by atoms with Gasteiger partial charge in [0.1, 0.15) is 5.54 Å². The molecule has 0 heterocycles. The first-order valence-corrected chi connectivity index (χ1v) is 5.69. The molecule has 0 aliphatic rings. The minimum Gasteiger partial charge on any atom is -0.480 e. The summed E-state index contributed by atoms with van der Waals surface area (Å²) in [5.41, 5.74) is 4.36. The van der Waals surface area contributed by atoms with Gasteiger partial charge in [-0.25, -0.2) is 0 Å². The van der Waals surface area contributed by atoms with Gasteiger partial charge in [-0.1, -0.05) is 23.7 Å². The molecule has 0 fully saturated rings. The van der Waals surface area contributed by atoms with Crippen LogP contribution in [0.3, 0.4) is 0 Å². The second-order valence-electron chi connectivity index (χ2n) is 3.44. The van der Waals surface area contributed by atoms with E-state index in [0.717, 1.165) is 4.90 Å². The zero-order valence-corrected chi connectivity index (χ0v) is 9.81. The first-order valence-electron chi connectivity index (χ1n) is 4.33. The molecule has 0 aliphatic heterocycles. The Kier molecular flexibility index (Phi) is 4.02. The summed E-state index contributed by atoms with van der Waals surface area (Å²) in [6.07, 6.45) is 0. The van der Waals surface area contributed by atoms with Gasteiger partial charge in [-0.2, -0.15) is 0 Å². The van der Waals surface area contributed by atoms with Crippen LogP contribution in [0.15, 0.2) is 29.2 Å². The highest BCUT2D eigenvalue weighted by atomic mass is 35.5. The van der Waals surface area contributed by atoms with E-state index < -0.39 is 11.5 Å². The molecular weight excluding hydrogens is 234 g/mol. The lowest BCUT2D eigenvalue weighted by molar-refractivity contribution is -0.141. The van der Waals surface area contributed by atoms with E-state index in [-0.39, 0.29) is 5.75 Å². The third-order valence-corrected chi connectivity index (χ3v) is 3.71. The van der Waals surface area contributed by atoms with Gasteiger partial charge in [-0.15, -0.1) is 11.8 Å². The van der Waals surface area contributed by atoms with E-state index in [9.17, 15) is 4.79 Å². The normalized spacial score (nSPS) is 14.6. The SMILES string of the molecule is CC(N)(CSc1ccccc1Cl)C(=O)O. The number of carboxylic acids is 1. The van der Waals surface area contributed by atoms with E-state index in [1.807, 2.05) is 18.2 Å². The molecule has 0 aliphatic carbocycles. The van der Waals surface area contributed by atoms with Crippen LogP contribution < -0.4 is 5.73 Å². The molecule has 0 aromatic heterocycles. The maximum absolute atomic E-state index is 10.8. The number of rotatable bonds is 4. The number of halogens is 1. The van der Waals surface area contributed by atoms with Crippen LogP contribution in [-0.2, 0) is 4.79 Å². The molecule has 0 saturated heterocycles. The number of aliphatic carboxylic acids is 1. The van der Waals surface area contributed by atoms with Crippen molar-refractivity contribution in [2.75, 3.05) is 5.75 Å². The Morgan fingerprint density at radius 3 is 2.73 bits per heavy atom. The Morgan fingerprint density at radius 1 is 1.60 bits per heavy atom. The summed E-state index contributed by atoms with van der Waals surface area (Å²) in [7, 11) is 0. The van der Waals surface area contributed by atoms with Gasteiger partial charge < -0.3 is 10.8 Å². The van der Waals surface area contributed by atoms with Crippen molar-refractivity contribution in [1.29, 1.82) is 0 Å². The van der Waals surface area contributed by atoms with E-state index in [1.165, 1.54) is 18.7 Å². The Bertz CT molecular complexity index is 368. The molecule has 5 heteroatoms. The number of benzene rings is 1. The lowest BCUT2D eigenvalue weighted by atomic mass is 10.1. The smallest absolute Gasteiger partial charge is 0.324 e. The van der Waals surface area contributed by atoms with Crippen molar-refractivity contribution in [2.45, 2.75) is 17.4 Å². The number of thioether (sulfide) groups is 1. The first kappa shape index (κ1) is 12.4. The van der Waals surface area contributed by atoms with Crippen LogP contribution in [0, 0.1) is 0 Å². The molecule has 1 unspecified atom stereocenters. The summed E-state index contributed by atoms with van der Waals surface area (Å²) in [5.74, 6) is -0.728. The second-order valence-corrected chi connectivity index (χ2v) is 4.87. The largest absolute Gasteiger partial charge is 0.480 e. The molecule has 82 valence electrons. The van der Waals surface area contributed by atoms with Gasteiger partial charge in [0.05, 0.1) is 5.02 Å². The lowest BCUT2D eigenvalue weighted by Crippen LogP contribution is -2.47. The third-order valence-electron chi connectivity index (χ3n) is 1.85. The van der Waals surface area contributed by atoms with Crippen LogP contribution in [0.4, 0.5) is 0 Å². The number of hydrogen-bond acceptors (Lipinski definition) is 3. The van der Waals surface area contributed by atoms with Gasteiger partial charge >= 0.3 is 5.97 Å². The van der Waals surface area contributed by atoms with E-state index in [2.05, 4.69) is 0 Å².